The number of thioether (sulfide) groups is 1. The number of amides is 1. The first-order valence-corrected chi connectivity index (χ1v) is 5.27. The molecule has 1 aliphatic heterocycles. The Kier molecular flexibility index (Phi) is 3.01. The molecule has 0 bridgehead atoms. The quantitative estimate of drug-likeness (QED) is 0.650. The van der Waals surface area contributed by atoms with Crippen molar-refractivity contribution in [3.63, 3.8) is 0 Å². The average Bonchev–Trinajstić information content (AvgIpc) is 2.33. The van der Waals surface area contributed by atoms with Crippen molar-refractivity contribution in [3.8, 4) is 0 Å². The topological polar surface area (TPSA) is 20.3 Å². The van der Waals surface area contributed by atoms with E-state index in [4.69, 9.17) is 0 Å². The van der Waals surface area contributed by atoms with E-state index in [9.17, 15) is 4.79 Å². The third-order valence-electron chi connectivity index (χ3n) is 1.48. The van der Waals surface area contributed by atoms with Crippen LogP contribution in [0.3, 0.4) is 0 Å². The van der Waals surface area contributed by atoms with Crippen LogP contribution in [-0.4, -0.2) is 21.0 Å². The van der Waals surface area contributed by atoms with Crippen molar-refractivity contribution in [1.82, 2.24) is 4.90 Å². The second kappa shape index (κ2) is 3.63. The van der Waals surface area contributed by atoms with Gasteiger partial charge in [0.1, 0.15) is 0 Å². The van der Waals surface area contributed by atoms with Crippen LogP contribution in [0.25, 0.3) is 0 Å². The number of hydrogen-bond donors (Lipinski definition) is 0. The number of hydrogen-bond acceptors (Lipinski definition) is 2. The van der Waals surface area contributed by atoms with Crippen LogP contribution in [-0.2, 0) is 4.79 Å². The Labute approximate surface area is 79.1 Å². The van der Waals surface area contributed by atoms with Crippen LogP contribution in [0.5, 0.6) is 0 Å². The van der Waals surface area contributed by atoms with Crippen LogP contribution < -0.4 is 0 Å². The molecule has 0 aromatic carbocycles. The monoisotopic (exact) mass is 235 g/mol. The van der Waals surface area contributed by atoms with Gasteiger partial charge < -0.3 is 4.90 Å². The highest BCUT2D eigenvalue weighted by Gasteiger charge is 2.24. The van der Waals surface area contributed by atoms with Gasteiger partial charge in [-0.05, 0) is 19.3 Å². The molecule has 62 valence electrons. The average molecular weight is 236 g/mol. The predicted octanol–water partition coefficient (Wildman–Crippen LogP) is 2.16. The van der Waals surface area contributed by atoms with Crippen LogP contribution in [0.2, 0.25) is 0 Å². The molecule has 0 fully saturated rings. The molecule has 0 aromatic heterocycles. The lowest BCUT2D eigenvalue weighted by Crippen LogP contribution is -2.33. The molecule has 4 heteroatoms. The van der Waals surface area contributed by atoms with E-state index in [-0.39, 0.29) is 16.1 Å². The molecule has 1 rings (SSSR count). The Morgan fingerprint density at radius 2 is 2.45 bits per heavy atom. The standard InChI is InChI=1S/C7H10BrNOS/c1-5(8)7(10)9-3-4-11-6(9)2/h3-6H,1-2H3. The fourth-order valence-corrected chi connectivity index (χ4v) is 1.83. The van der Waals surface area contributed by atoms with Gasteiger partial charge in [-0.1, -0.05) is 15.9 Å². The maximum atomic E-state index is 11.4. The van der Waals surface area contributed by atoms with Gasteiger partial charge in [0.15, 0.2) is 0 Å². The molecule has 11 heavy (non-hydrogen) atoms. The lowest BCUT2D eigenvalue weighted by molar-refractivity contribution is -0.127. The van der Waals surface area contributed by atoms with Gasteiger partial charge in [0, 0.05) is 6.20 Å². The molecule has 0 spiro atoms. The predicted molar refractivity (Wildman–Crippen MR) is 51.4 cm³/mol. The van der Waals surface area contributed by atoms with Crippen molar-refractivity contribution < 1.29 is 4.79 Å². The zero-order valence-corrected chi connectivity index (χ0v) is 8.85. The summed E-state index contributed by atoms with van der Waals surface area (Å²) in [5, 5.41) is 2.19. The molecule has 2 atom stereocenters. The largest absolute Gasteiger partial charge is 0.305 e. The summed E-state index contributed by atoms with van der Waals surface area (Å²) in [6.45, 7) is 3.85. The number of rotatable bonds is 1. The summed E-state index contributed by atoms with van der Waals surface area (Å²) in [6.07, 6.45) is 1.83. The molecule has 1 amide bonds. The Bertz CT molecular complexity index is 193. The number of carbonyl (C=O) groups is 1. The smallest absolute Gasteiger partial charge is 0.240 e. The molecular formula is C7H10BrNOS. The molecule has 1 heterocycles. The van der Waals surface area contributed by atoms with Crippen molar-refractivity contribution in [2.24, 2.45) is 0 Å². The normalized spacial score (nSPS) is 25.7. The second-order valence-corrected chi connectivity index (χ2v) is 4.98. The van der Waals surface area contributed by atoms with E-state index in [0.29, 0.717) is 0 Å². The maximum absolute atomic E-state index is 11.4. The minimum atomic E-state index is -0.0895. The molecular weight excluding hydrogens is 226 g/mol. The Morgan fingerprint density at radius 3 is 2.82 bits per heavy atom. The summed E-state index contributed by atoms with van der Waals surface area (Å²) in [5.41, 5.74) is 0. The zero-order valence-electron chi connectivity index (χ0n) is 6.45. The summed E-state index contributed by atoms with van der Waals surface area (Å²) < 4.78 is 0. The second-order valence-electron chi connectivity index (χ2n) is 2.38. The summed E-state index contributed by atoms with van der Waals surface area (Å²) in [4.78, 5) is 13.0. The van der Waals surface area contributed by atoms with Crippen molar-refractivity contribution >= 4 is 33.6 Å². The number of halogens is 1. The molecule has 2 nitrogen and oxygen atoms in total. The lowest BCUT2D eigenvalue weighted by atomic mass is 10.4. The Hall–Kier alpha value is 0.0400. The number of alkyl halides is 1. The number of nitrogens with zero attached hydrogens (tertiary/aromatic N) is 1. The Morgan fingerprint density at radius 1 is 1.82 bits per heavy atom. The third-order valence-corrected chi connectivity index (χ3v) is 2.77. The van der Waals surface area contributed by atoms with Gasteiger partial charge in [-0.3, -0.25) is 4.79 Å². The van der Waals surface area contributed by atoms with Gasteiger partial charge in [0.25, 0.3) is 0 Å². The van der Waals surface area contributed by atoms with Crippen molar-refractivity contribution in [1.29, 1.82) is 0 Å². The first kappa shape index (κ1) is 9.13. The molecule has 1 aliphatic rings. The third kappa shape index (κ3) is 1.99. The van der Waals surface area contributed by atoms with Gasteiger partial charge in [-0.25, -0.2) is 0 Å². The van der Waals surface area contributed by atoms with Crippen LogP contribution in [0.1, 0.15) is 13.8 Å². The molecule has 0 aliphatic carbocycles. The van der Waals surface area contributed by atoms with Gasteiger partial charge in [0.05, 0.1) is 10.2 Å². The maximum Gasteiger partial charge on any atom is 0.240 e. The number of carbonyl (C=O) groups excluding carboxylic acids is 1. The van der Waals surface area contributed by atoms with Crippen LogP contribution in [0, 0.1) is 0 Å². The lowest BCUT2D eigenvalue weighted by Gasteiger charge is -2.20. The van der Waals surface area contributed by atoms with Crippen molar-refractivity contribution in [2.45, 2.75) is 24.0 Å². The molecule has 0 radical (unpaired) electrons. The van der Waals surface area contributed by atoms with E-state index in [1.807, 2.05) is 25.5 Å². The van der Waals surface area contributed by atoms with Gasteiger partial charge in [-0.2, -0.15) is 0 Å². The first-order chi connectivity index (χ1) is 5.13. The first-order valence-electron chi connectivity index (χ1n) is 3.41. The van der Waals surface area contributed by atoms with Gasteiger partial charge in [-0.15, -0.1) is 11.8 Å². The van der Waals surface area contributed by atoms with E-state index in [0.717, 1.165) is 0 Å². The van der Waals surface area contributed by atoms with E-state index in [1.165, 1.54) is 0 Å². The van der Waals surface area contributed by atoms with Crippen molar-refractivity contribution in [2.75, 3.05) is 0 Å². The summed E-state index contributed by atoms with van der Waals surface area (Å²) >= 11 is 4.90. The minimum absolute atomic E-state index is 0.0895. The van der Waals surface area contributed by atoms with Gasteiger partial charge >= 0.3 is 0 Å². The highest BCUT2D eigenvalue weighted by atomic mass is 79.9. The fraction of sp³-hybridized carbons (Fsp3) is 0.571. The van der Waals surface area contributed by atoms with E-state index in [1.54, 1.807) is 16.7 Å². The molecule has 2 unspecified atom stereocenters. The van der Waals surface area contributed by atoms with Gasteiger partial charge in [0.2, 0.25) is 5.91 Å². The molecule has 0 aromatic rings. The molecule has 0 N–H and O–H groups in total. The highest BCUT2D eigenvalue weighted by Crippen LogP contribution is 2.25. The van der Waals surface area contributed by atoms with Crippen LogP contribution in [0.4, 0.5) is 0 Å². The van der Waals surface area contributed by atoms with E-state index >= 15 is 0 Å². The minimum Gasteiger partial charge on any atom is -0.305 e. The summed E-state index contributed by atoms with van der Waals surface area (Å²) in [5.74, 6) is 0.124. The summed E-state index contributed by atoms with van der Waals surface area (Å²) in [7, 11) is 0. The summed E-state index contributed by atoms with van der Waals surface area (Å²) in [6, 6.07) is 0. The highest BCUT2D eigenvalue weighted by molar-refractivity contribution is 9.10. The SMILES string of the molecule is CC(Br)C(=O)N1C=CSC1C. The zero-order chi connectivity index (χ0) is 8.43. The molecule has 0 saturated heterocycles. The van der Waals surface area contributed by atoms with Crippen LogP contribution >= 0.6 is 27.7 Å². The molecule has 0 saturated carbocycles. The van der Waals surface area contributed by atoms with Crippen molar-refractivity contribution in [3.05, 3.63) is 11.6 Å². The van der Waals surface area contributed by atoms with Crippen LogP contribution in [0.15, 0.2) is 11.6 Å². The van der Waals surface area contributed by atoms with E-state index in [2.05, 4.69) is 15.9 Å². The Balaban J connectivity index is 2.60. The van der Waals surface area contributed by atoms with E-state index < -0.39 is 0 Å². The fourth-order valence-electron chi connectivity index (χ4n) is 0.859.